The number of carbonyl (C=O) groups excluding carboxylic acids is 1. The number of rotatable bonds is 6. The Balaban J connectivity index is 2.03. The van der Waals surface area contributed by atoms with Crippen molar-refractivity contribution in [2.24, 2.45) is 0 Å². The van der Waals surface area contributed by atoms with Crippen LogP contribution in [0.1, 0.15) is 19.4 Å². The monoisotopic (exact) mass is 300 g/mol. The maximum Gasteiger partial charge on any atom is 0.234 e. The van der Waals surface area contributed by atoms with Crippen molar-refractivity contribution in [3.05, 3.63) is 48.3 Å². The maximum atomic E-state index is 12.6. The predicted molar refractivity (Wildman–Crippen MR) is 88.9 cm³/mol. The Kier molecular flexibility index (Phi) is 4.98. The fourth-order valence-corrected chi connectivity index (χ4v) is 2.13. The van der Waals surface area contributed by atoms with E-state index in [0.29, 0.717) is 0 Å². The van der Waals surface area contributed by atoms with Gasteiger partial charge in [0.25, 0.3) is 0 Å². The van der Waals surface area contributed by atoms with Gasteiger partial charge >= 0.3 is 0 Å². The van der Waals surface area contributed by atoms with E-state index in [-0.39, 0.29) is 5.91 Å². The molecule has 5 nitrogen and oxygen atoms in total. The quantitative estimate of drug-likeness (QED) is 0.891. The van der Waals surface area contributed by atoms with Gasteiger partial charge in [0.2, 0.25) is 5.91 Å². The Morgan fingerprint density at radius 2 is 1.95 bits per heavy atom. The third-order valence-electron chi connectivity index (χ3n) is 3.73. The van der Waals surface area contributed by atoms with Gasteiger partial charge in [0, 0.05) is 12.7 Å². The van der Waals surface area contributed by atoms with Gasteiger partial charge in [0.05, 0.1) is 23.8 Å². The number of amides is 1. The van der Waals surface area contributed by atoms with E-state index in [1.807, 2.05) is 69.2 Å². The lowest BCUT2D eigenvalue weighted by molar-refractivity contribution is -0.120. The normalized spacial score (nSPS) is 11.7. The Bertz CT molecular complexity index is 617. The first-order chi connectivity index (χ1) is 10.4. The van der Waals surface area contributed by atoms with Crippen LogP contribution in [0, 0.1) is 0 Å². The molecule has 0 aliphatic carbocycles. The van der Waals surface area contributed by atoms with Crippen LogP contribution in [0.25, 0.3) is 0 Å². The van der Waals surface area contributed by atoms with Crippen molar-refractivity contribution in [2.45, 2.75) is 25.8 Å². The summed E-state index contributed by atoms with van der Waals surface area (Å²) in [4.78, 5) is 14.6. The number of aromatic nitrogens is 2. The van der Waals surface area contributed by atoms with Gasteiger partial charge in [-0.15, -0.1) is 0 Å². The maximum absolute atomic E-state index is 12.6. The molecule has 0 spiro atoms. The van der Waals surface area contributed by atoms with Crippen molar-refractivity contribution in [1.29, 1.82) is 0 Å². The minimum absolute atomic E-state index is 0.0362. The van der Waals surface area contributed by atoms with Crippen molar-refractivity contribution in [3.8, 4) is 0 Å². The molecule has 5 heteroatoms. The summed E-state index contributed by atoms with van der Waals surface area (Å²) in [6, 6.07) is 9.79. The zero-order valence-corrected chi connectivity index (χ0v) is 13.7. The summed E-state index contributed by atoms with van der Waals surface area (Å²) in [5, 5.41) is 7.22. The van der Waals surface area contributed by atoms with Gasteiger partial charge in [0.1, 0.15) is 0 Å². The summed E-state index contributed by atoms with van der Waals surface area (Å²) >= 11 is 0. The molecule has 0 aliphatic rings. The van der Waals surface area contributed by atoms with E-state index < -0.39 is 5.41 Å². The second-order valence-electron chi connectivity index (χ2n) is 6.24. The predicted octanol–water partition coefficient (Wildman–Crippen LogP) is 2.36. The van der Waals surface area contributed by atoms with E-state index >= 15 is 0 Å². The summed E-state index contributed by atoms with van der Waals surface area (Å²) < 4.78 is 1.84. The number of likely N-dealkylation sites (N-methyl/N-ethyl adjacent to an activating group) is 1. The highest BCUT2D eigenvalue weighted by Gasteiger charge is 2.29. The van der Waals surface area contributed by atoms with Crippen LogP contribution in [0.3, 0.4) is 0 Å². The van der Waals surface area contributed by atoms with Gasteiger partial charge in [-0.3, -0.25) is 9.48 Å². The molecule has 0 atom stereocenters. The minimum Gasteiger partial charge on any atom is -0.323 e. The number of benzene rings is 1. The van der Waals surface area contributed by atoms with Crippen LogP contribution in [0.4, 0.5) is 5.69 Å². The van der Waals surface area contributed by atoms with Crippen molar-refractivity contribution in [3.63, 3.8) is 0 Å². The van der Waals surface area contributed by atoms with Gasteiger partial charge in [0.15, 0.2) is 0 Å². The lowest BCUT2D eigenvalue weighted by atomic mass is 9.84. The van der Waals surface area contributed by atoms with E-state index in [1.54, 1.807) is 6.20 Å². The smallest absolute Gasteiger partial charge is 0.234 e. The average molecular weight is 300 g/mol. The first kappa shape index (κ1) is 16.2. The molecule has 2 aromatic rings. The fraction of sp³-hybridized carbons (Fsp3) is 0.412. The molecule has 118 valence electrons. The zero-order valence-electron chi connectivity index (χ0n) is 13.7. The highest BCUT2D eigenvalue weighted by atomic mass is 16.2. The summed E-state index contributed by atoms with van der Waals surface area (Å²) in [6.07, 6.45) is 3.55. The summed E-state index contributed by atoms with van der Waals surface area (Å²) in [5.41, 5.74) is 1.13. The van der Waals surface area contributed by atoms with Crippen molar-refractivity contribution >= 4 is 11.6 Å². The highest BCUT2D eigenvalue weighted by molar-refractivity contribution is 5.98. The number of hydrogen-bond donors (Lipinski definition) is 1. The van der Waals surface area contributed by atoms with E-state index in [1.165, 1.54) is 0 Å². The molecule has 0 saturated carbocycles. The minimum atomic E-state index is -0.590. The molecular weight excluding hydrogens is 276 g/mol. The molecule has 0 aliphatic heterocycles. The van der Waals surface area contributed by atoms with Gasteiger partial charge in [-0.1, -0.05) is 30.3 Å². The second-order valence-corrected chi connectivity index (χ2v) is 6.24. The number of nitrogens with one attached hydrogen (secondary N) is 1. The molecule has 0 bridgehead atoms. The first-order valence-corrected chi connectivity index (χ1v) is 7.44. The standard InChI is InChI=1S/C17H24N4O/c1-17(2,14-8-6-5-7-9-14)16(22)19-15-12-18-21(13-15)11-10-20(3)4/h5-9,12-13H,10-11H2,1-4H3,(H,19,22). The number of anilines is 1. The topological polar surface area (TPSA) is 50.2 Å². The van der Waals surface area contributed by atoms with Crippen molar-refractivity contribution in [1.82, 2.24) is 14.7 Å². The van der Waals surface area contributed by atoms with Gasteiger partial charge in [-0.25, -0.2) is 0 Å². The van der Waals surface area contributed by atoms with E-state index in [4.69, 9.17) is 0 Å². The van der Waals surface area contributed by atoms with Crippen LogP contribution in [-0.2, 0) is 16.8 Å². The molecule has 0 radical (unpaired) electrons. The van der Waals surface area contributed by atoms with Crippen LogP contribution in [0.15, 0.2) is 42.7 Å². The molecule has 0 saturated heterocycles. The van der Waals surface area contributed by atoms with Crippen LogP contribution < -0.4 is 5.32 Å². The molecule has 22 heavy (non-hydrogen) atoms. The molecule has 1 amide bonds. The molecule has 0 unspecified atom stereocenters. The van der Waals surface area contributed by atoms with Crippen LogP contribution in [0.2, 0.25) is 0 Å². The Morgan fingerprint density at radius 3 is 2.59 bits per heavy atom. The van der Waals surface area contributed by atoms with Gasteiger partial charge in [-0.05, 0) is 33.5 Å². The van der Waals surface area contributed by atoms with Crippen molar-refractivity contribution < 1.29 is 4.79 Å². The Morgan fingerprint density at radius 1 is 1.27 bits per heavy atom. The lowest BCUT2D eigenvalue weighted by Crippen LogP contribution is -2.34. The van der Waals surface area contributed by atoms with Crippen LogP contribution in [0.5, 0.6) is 0 Å². The summed E-state index contributed by atoms with van der Waals surface area (Å²) in [7, 11) is 4.04. The number of hydrogen-bond acceptors (Lipinski definition) is 3. The van der Waals surface area contributed by atoms with Gasteiger partial charge < -0.3 is 10.2 Å². The average Bonchev–Trinajstić information content (AvgIpc) is 2.93. The van der Waals surface area contributed by atoms with Crippen molar-refractivity contribution in [2.75, 3.05) is 26.0 Å². The fourth-order valence-electron chi connectivity index (χ4n) is 2.13. The number of carbonyl (C=O) groups is 1. The van der Waals surface area contributed by atoms with E-state index in [0.717, 1.165) is 24.3 Å². The summed E-state index contributed by atoms with van der Waals surface area (Å²) in [5.74, 6) is -0.0362. The van der Waals surface area contributed by atoms with Crippen LogP contribution >= 0.6 is 0 Å². The Labute approximate surface area is 131 Å². The molecule has 1 aromatic carbocycles. The third-order valence-corrected chi connectivity index (χ3v) is 3.73. The van der Waals surface area contributed by atoms with Gasteiger partial charge in [-0.2, -0.15) is 5.10 Å². The lowest BCUT2D eigenvalue weighted by Gasteiger charge is -2.23. The highest BCUT2D eigenvalue weighted by Crippen LogP contribution is 2.24. The second kappa shape index (κ2) is 6.75. The zero-order chi connectivity index (χ0) is 16.2. The van der Waals surface area contributed by atoms with E-state index in [9.17, 15) is 4.79 Å². The molecule has 2 rings (SSSR count). The third kappa shape index (κ3) is 3.95. The molecular formula is C17H24N4O. The van der Waals surface area contributed by atoms with E-state index in [2.05, 4.69) is 15.3 Å². The SMILES string of the molecule is CN(C)CCn1cc(NC(=O)C(C)(C)c2ccccc2)cn1. The number of nitrogens with zero attached hydrogens (tertiary/aromatic N) is 3. The molecule has 0 fully saturated rings. The summed E-state index contributed by atoms with van der Waals surface area (Å²) in [6.45, 7) is 5.55. The molecule has 1 N–H and O–H groups in total. The first-order valence-electron chi connectivity index (χ1n) is 7.44. The molecule has 1 heterocycles. The molecule has 1 aromatic heterocycles. The van der Waals surface area contributed by atoms with Crippen LogP contribution in [-0.4, -0.2) is 41.2 Å². The largest absolute Gasteiger partial charge is 0.323 e. The Hall–Kier alpha value is -2.14.